The maximum atomic E-state index is 13.8. The van der Waals surface area contributed by atoms with Crippen molar-refractivity contribution in [1.29, 1.82) is 0 Å². The number of rotatable bonds is 6. The predicted molar refractivity (Wildman–Crippen MR) is 137 cm³/mol. The Morgan fingerprint density at radius 3 is 2.64 bits per heavy atom. The number of nitrogens with two attached hydrogens (primary N) is 1. The van der Waals surface area contributed by atoms with E-state index in [1.807, 2.05) is 19.9 Å². The van der Waals surface area contributed by atoms with E-state index in [1.54, 1.807) is 34.6 Å². The lowest BCUT2D eigenvalue weighted by atomic mass is 9.92. The first kappa shape index (κ1) is 25.0. The number of carbonyl (C=O) groups excluding carboxylic acids is 3. The van der Waals surface area contributed by atoms with Gasteiger partial charge in [0.1, 0.15) is 17.8 Å². The van der Waals surface area contributed by atoms with Crippen molar-refractivity contribution in [3.8, 4) is 0 Å². The van der Waals surface area contributed by atoms with Crippen LogP contribution in [-0.2, 0) is 16.0 Å². The fourth-order valence-corrected chi connectivity index (χ4v) is 4.66. The zero-order valence-electron chi connectivity index (χ0n) is 21.1. The Morgan fingerprint density at radius 1 is 1.19 bits per heavy atom. The Bertz CT molecular complexity index is 1380. The van der Waals surface area contributed by atoms with E-state index in [-0.39, 0.29) is 41.6 Å². The van der Waals surface area contributed by atoms with Crippen LogP contribution in [0.5, 0.6) is 0 Å². The highest BCUT2D eigenvalue weighted by Gasteiger charge is 2.30. The Kier molecular flexibility index (Phi) is 6.87. The maximum Gasteiger partial charge on any atom is 0.246 e. The van der Waals surface area contributed by atoms with Gasteiger partial charge in [-0.05, 0) is 49.5 Å². The molecule has 2 amide bonds. The summed E-state index contributed by atoms with van der Waals surface area (Å²) in [6.07, 6.45) is 4.49. The molecule has 3 heterocycles. The standard InChI is InChI=1S/C26H31N7O3/c1-6-20(34)32-11-7-8-18(13-32)33-26-22(25(27)28-14-29-26)23(30-33)24(36)19-10-9-17(15(2)16(19)3)12-21(35)31(4)5/h6,9-10,14,18H,1,7-8,11-13H2,2-5H3,(H2,27,28,29)/t18-/m0/s1. The molecule has 36 heavy (non-hydrogen) atoms. The van der Waals surface area contributed by atoms with Crippen molar-refractivity contribution in [3.05, 3.63) is 59.1 Å². The second kappa shape index (κ2) is 9.88. The van der Waals surface area contributed by atoms with E-state index >= 15 is 0 Å². The van der Waals surface area contributed by atoms with Gasteiger partial charge in [-0.2, -0.15) is 5.10 Å². The highest BCUT2D eigenvalue weighted by atomic mass is 16.2. The van der Waals surface area contributed by atoms with E-state index in [9.17, 15) is 14.4 Å². The van der Waals surface area contributed by atoms with Crippen LogP contribution in [-0.4, -0.2) is 74.3 Å². The first-order valence-corrected chi connectivity index (χ1v) is 11.9. The Labute approximate surface area is 209 Å². The molecular formula is C26H31N7O3. The molecule has 188 valence electrons. The molecule has 1 atom stereocenters. The molecule has 2 N–H and O–H groups in total. The minimum Gasteiger partial charge on any atom is -0.383 e. The minimum atomic E-state index is -0.291. The number of anilines is 1. The summed E-state index contributed by atoms with van der Waals surface area (Å²) in [5.74, 6) is -0.267. The van der Waals surface area contributed by atoms with Crippen LogP contribution in [0.2, 0.25) is 0 Å². The zero-order valence-corrected chi connectivity index (χ0v) is 21.1. The summed E-state index contributed by atoms with van der Waals surface area (Å²) in [5.41, 5.74) is 9.87. The number of hydrogen-bond acceptors (Lipinski definition) is 7. The van der Waals surface area contributed by atoms with Crippen LogP contribution in [0.4, 0.5) is 5.82 Å². The van der Waals surface area contributed by atoms with Crippen molar-refractivity contribution in [2.75, 3.05) is 32.9 Å². The lowest BCUT2D eigenvalue weighted by molar-refractivity contribution is -0.128. The van der Waals surface area contributed by atoms with Crippen LogP contribution >= 0.6 is 0 Å². The number of amides is 2. The largest absolute Gasteiger partial charge is 0.383 e. The summed E-state index contributed by atoms with van der Waals surface area (Å²) in [6, 6.07) is 3.39. The zero-order chi connectivity index (χ0) is 26.1. The smallest absolute Gasteiger partial charge is 0.246 e. The van der Waals surface area contributed by atoms with Crippen molar-refractivity contribution in [2.24, 2.45) is 0 Å². The van der Waals surface area contributed by atoms with E-state index in [2.05, 4.69) is 16.5 Å². The molecule has 4 rings (SSSR count). The predicted octanol–water partition coefficient (Wildman–Crippen LogP) is 2.24. The van der Waals surface area contributed by atoms with Crippen molar-refractivity contribution in [3.63, 3.8) is 0 Å². The maximum absolute atomic E-state index is 13.8. The molecule has 0 bridgehead atoms. The molecule has 10 nitrogen and oxygen atoms in total. The van der Waals surface area contributed by atoms with Gasteiger partial charge in [0.25, 0.3) is 0 Å². The quantitative estimate of drug-likeness (QED) is 0.415. The second-order valence-electron chi connectivity index (χ2n) is 9.35. The Hall–Kier alpha value is -4.08. The highest BCUT2D eigenvalue weighted by Crippen LogP contribution is 2.31. The Morgan fingerprint density at radius 2 is 1.94 bits per heavy atom. The van der Waals surface area contributed by atoms with Gasteiger partial charge < -0.3 is 15.5 Å². The fraction of sp³-hybridized carbons (Fsp3) is 0.385. The Balaban J connectivity index is 1.76. The van der Waals surface area contributed by atoms with Crippen LogP contribution in [0.1, 0.15) is 51.6 Å². The van der Waals surface area contributed by atoms with Gasteiger partial charge in [-0.1, -0.05) is 18.7 Å². The molecule has 0 spiro atoms. The molecule has 10 heteroatoms. The summed E-state index contributed by atoms with van der Waals surface area (Å²) in [5, 5.41) is 5.10. The number of nitrogens with zero attached hydrogens (tertiary/aromatic N) is 6. The number of aromatic nitrogens is 4. The monoisotopic (exact) mass is 489 g/mol. The van der Waals surface area contributed by atoms with Crippen molar-refractivity contribution in [1.82, 2.24) is 29.5 Å². The van der Waals surface area contributed by atoms with E-state index in [0.29, 0.717) is 29.7 Å². The van der Waals surface area contributed by atoms with Gasteiger partial charge in [0.15, 0.2) is 5.65 Å². The molecule has 1 aliphatic heterocycles. The van der Waals surface area contributed by atoms with Crippen molar-refractivity contribution < 1.29 is 14.4 Å². The van der Waals surface area contributed by atoms with E-state index in [0.717, 1.165) is 29.5 Å². The third kappa shape index (κ3) is 4.46. The fourth-order valence-electron chi connectivity index (χ4n) is 4.66. The molecule has 0 radical (unpaired) electrons. The molecule has 1 fully saturated rings. The number of fused-ring (bicyclic) bond motifs is 1. The highest BCUT2D eigenvalue weighted by molar-refractivity contribution is 6.17. The van der Waals surface area contributed by atoms with Crippen LogP contribution in [0, 0.1) is 13.8 Å². The first-order chi connectivity index (χ1) is 17.1. The third-order valence-corrected chi connectivity index (χ3v) is 6.95. The number of ketones is 1. The summed E-state index contributed by atoms with van der Waals surface area (Å²) >= 11 is 0. The number of hydrogen-bond donors (Lipinski definition) is 1. The molecule has 1 saturated heterocycles. The van der Waals surface area contributed by atoms with E-state index in [1.165, 1.54) is 12.4 Å². The molecular weight excluding hydrogens is 458 g/mol. The van der Waals surface area contributed by atoms with Crippen LogP contribution < -0.4 is 5.73 Å². The van der Waals surface area contributed by atoms with Crippen LogP contribution in [0.15, 0.2) is 31.1 Å². The van der Waals surface area contributed by atoms with Gasteiger partial charge >= 0.3 is 0 Å². The second-order valence-corrected chi connectivity index (χ2v) is 9.35. The number of nitrogen functional groups attached to an aromatic ring is 1. The van der Waals surface area contributed by atoms with Crippen LogP contribution in [0.3, 0.4) is 0 Å². The molecule has 3 aromatic rings. The topological polar surface area (TPSA) is 127 Å². The number of likely N-dealkylation sites (tertiary alicyclic amines) is 1. The number of likely N-dealkylation sites (N-methyl/N-ethyl adjacent to an activating group) is 1. The average Bonchev–Trinajstić information content (AvgIpc) is 3.27. The van der Waals surface area contributed by atoms with E-state index < -0.39 is 0 Å². The minimum absolute atomic E-state index is 0.0114. The first-order valence-electron chi connectivity index (χ1n) is 11.9. The summed E-state index contributed by atoms with van der Waals surface area (Å²) in [6.45, 7) is 8.44. The van der Waals surface area contributed by atoms with Gasteiger partial charge in [-0.15, -0.1) is 0 Å². The SMILES string of the molecule is C=CC(=O)N1CCC[C@H](n2nc(C(=O)c3ccc(CC(=O)N(C)C)c(C)c3C)c3c(N)ncnc32)C1. The summed E-state index contributed by atoms with van der Waals surface area (Å²) in [7, 11) is 3.43. The van der Waals surface area contributed by atoms with Crippen molar-refractivity contribution >= 4 is 34.4 Å². The third-order valence-electron chi connectivity index (χ3n) is 6.95. The molecule has 1 aliphatic rings. The van der Waals surface area contributed by atoms with Gasteiger partial charge in [-0.3, -0.25) is 14.4 Å². The van der Waals surface area contributed by atoms with Crippen LogP contribution in [0.25, 0.3) is 11.0 Å². The van der Waals surface area contributed by atoms with Crippen molar-refractivity contribution in [2.45, 2.75) is 39.2 Å². The van der Waals surface area contributed by atoms with Gasteiger partial charge in [0.2, 0.25) is 17.6 Å². The van der Waals surface area contributed by atoms with Gasteiger partial charge in [0.05, 0.1) is 17.8 Å². The number of benzene rings is 1. The molecule has 0 aliphatic carbocycles. The van der Waals surface area contributed by atoms with E-state index in [4.69, 9.17) is 10.8 Å². The molecule has 2 aromatic heterocycles. The normalized spacial score (nSPS) is 15.7. The van der Waals surface area contributed by atoms with Gasteiger partial charge in [0, 0.05) is 32.7 Å². The number of piperidine rings is 1. The summed E-state index contributed by atoms with van der Waals surface area (Å²) in [4.78, 5) is 50.0. The molecule has 0 saturated carbocycles. The lowest BCUT2D eigenvalue weighted by Crippen LogP contribution is -2.40. The lowest BCUT2D eigenvalue weighted by Gasteiger charge is -2.32. The molecule has 0 unspecified atom stereocenters. The van der Waals surface area contributed by atoms with Gasteiger partial charge in [-0.25, -0.2) is 14.6 Å². The average molecular weight is 490 g/mol. The molecule has 1 aromatic carbocycles. The summed E-state index contributed by atoms with van der Waals surface area (Å²) < 4.78 is 1.70. The number of carbonyl (C=O) groups is 3.